The molecule has 4 heteroatoms. The van der Waals surface area contributed by atoms with Crippen LogP contribution in [0.2, 0.25) is 0 Å². The van der Waals surface area contributed by atoms with E-state index in [0.29, 0.717) is 13.0 Å². The van der Waals surface area contributed by atoms with Gasteiger partial charge in [-0.1, -0.05) is 30.3 Å². The zero-order chi connectivity index (χ0) is 12.5. The molecule has 0 aliphatic heterocycles. The molecule has 0 unspecified atom stereocenters. The first-order valence-corrected chi connectivity index (χ1v) is 5.90. The van der Waals surface area contributed by atoms with Crippen molar-refractivity contribution in [3.8, 4) is 0 Å². The molecule has 0 saturated heterocycles. The smallest absolute Gasteiger partial charge is 0.218 e. The summed E-state index contributed by atoms with van der Waals surface area (Å²) in [4.78, 5) is 12.8. The SMILES string of the molecule is CN(CCNCCC(N)=O)Cc1ccccc1. The van der Waals surface area contributed by atoms with Crippen molar-refractivity contribution in [3.63, 3.8) is 0 Å². The number of likely N-dealkylation sites (N-methyl/N-ethyl adjacent to an activating group) is 1. The Morgan fingerprint density at radius 3 is 2.65 bits per heavy atom. The fraction of sp³-hybridized carbons (Fsp3) is 0.462. The average Bonchev–Trinajstić information content (AvgIpc) is 2.29. The first-order chi connectivity index (χ1) is 8.18. The van der Waals surface area contributed by atoms with Crippen LogP contribution in [0.15, 0.2) is 30.3 Å². The number of nitrogens with two attached hydrogens (primary N) is 1. The highest BCUT2D eigenvalue weighted by atomic mass is 16.1. The first-order valence-electron chi connectivity index (χ1n) is 5.90. The highest BCUT2D eigenvalue weighted by Gasteiger charge is 1.99. The highest BCUT2D eigenvalue weighted by Crippen LogP contribution is 2.01. The third-order valence-corrected chi connectivity index (χ3v) is 2.51. The number of carbonyl (C=O) groups excluding carboxylic acids is 1. The number of rotatable bonds is 8. The van der Waals surface area contributed by atoms with Gasteiger partial charge in [-0.2, -0.15) is 0 Å². The topological polar surface area (TPSA) is 58.4 Å². The molecule has 17 heavy (non-hydrogen) atoms. The fourth-order valence-corrected chi connectivity index (χ4v) is 1.58. The number of hydrogen-bond donors (Lipinski definition) is 2. The van der Waals surface area contributed by atoms with E-state index in [1.807, 2.05) is 18.2 Å². The molecule has 3 N–H and O–H groups in total. The van der Waals surface area contributed by atoms with Gasteiger partial charge >= 0.3 is 0 Å². The molecule has 94 valence electrons. The van der Waals surface area contributed by atoms with Crippen molar-refractivity contribution in [2.45, 2.75) is 13.0 Å². The van der Waals surface area contributed by atoms with E-state index in [9.17, 15) is 4.79 Å². The molecule has 0 aliphatic carbocycles. The van der Waals surface area contributed by atoms with Gasteiger partial charge in [-0.25, -0.2) is 0 Å². The monoisotopic (exact) mass is 235 g/mol. The minimum absolute atomic E-state index is 0.254. The molecule has 0 bridgehead atoms. The quantitative estimate of drug-likeness (QED) is 0.648. The van der Waals surface area contributed by atoms with Crippen LogP contribution in [0.5, 0.6) is 0 Å². The summed E-state index contributed by atoms with van der Waals surface area (Å²) in [6, 6.07) is 10.4. The summed E-state index contributed by atoms with van der Waals surface area (Å²) in [5.41, 5.74) is 6.36. The van der Waals surface area contributed by atoms with Gasteiger partial charge in [0.1, 0.15) is 0 Å². The van der Waals surface area contributed by atoms with Gasteiger partial charge in [0.25, 0.3) is 0 Å². The van der Waals surface area contributed by atoms with Gasteiger partial charge in [0.15, 0.2) is 0 Å². The molecule has 1 amide bonds. The number of nitrogens with one attached hydrogen (secondary N) is 1. The van der Waals surface area contributed by atoms with Crippen LogP contribution in [0.25, 0.3) is 0 Å². The maximum atomic E-state index is 10.5. The van der Waals surface area contributed by atoms with E-state index in [1.54, 1.807) is 0 Å². The molecule has 0 spiro atoms. The van der Waals surface area contributed by atoms with Crippen LogP contribution in [-0.2, 0) is 11.3 Å². The van der Waals surface area contributed by atoms with Crippen molar-refractivity contribution >= 4 is 5.91 Å². The zero-order valence-corrected chi connectivity index (χ0v) is 10.4. The standard InChI is InChI=1S/C13H21N3O/c1-16(10-9-15-8-7-13(14)17)11-12-5-3-2-4-6-12/h2-6,15H,7-11H2,1H3,(H2,14,17). The lowest BCUT2D eigenvalue weighted by Gasteiger charge is -2.16. The van der Waals surface area contributed by atoms with Crippen LogP contribution in [0.1, 0.15) is 12.0 Å². The van der Waals surface area contributed by atoms with Crippen LogP contribution in [-0.4, -0.2) is 37.5 Å². The zero-order valence-electron chi connectivity index (χ0n) is 10.4. The minimum atomic E-state index is -0.254. The molecule has 0 aromatic heterocycles. The molecule has 1 aromatic carbocycles. The second kappa shape index (κ2) is 7.81. The van der Waals surface area contributed by atoms with E-state index in [4.69, 9.17) is 5.73 Å². The molecule has 0 heterocycles. The Balaban J connectivity index is 2.09. The maximum absolute atomic E-state index is 10.5. The lowest BCUT2D eigenvalue weighted by Crippen LogP contribution is -2.30. The summed E-state index contributed by atoms with van der Waals surface area (Å²) < 4.78 is 0. The van der Waals surface area contributed by atoms with Gasteiger partial charge in [0.2, 0.25) is 5.91 Å². The fourth-order valence-electron chi connectivity index (χ4n) is 1.58. The first kappa shape index (κ1) is 13.7. The number of hydrogen-bond acceptors (Lipinski definition) is 3. The van der Waals surface area contributed by atoms with E-state index in [0.717, 1.165) is 19.6 Å². The molecule has 4 nitrogen and oxygen atoms in total. The number of amides is 1. The summed E-state index contributed by atoms with van der Waals surface area (Å²) in [5.74, 6) is -0.254. The predicted molar refractivity (Wildman–Crippen MR) is 69.5 cm³/mol. The summed E-state index contributed by atoms with van der Waals surface area (Å²) in [7, 11) is 2.09. The van der Waals surface area contributed by atoms with E-state index in [-0.39, 0.29) is 5.91 Å². The van der Waals surface area contributed by atoms with E-state index in [1.165, 1.54) is 5.56 Å². The molecular formula is C13H21N3O. The van der Waals surface area contributed by atoms with Gasteiger partial charge in [0.05, 0.1) is 0 Å². The Kier molecular flexibility index (Phi) is 6.29. The Bertz CT molecular complexity index is 327. The second-order valence-corrected chi connectivity index (χ2v) is 4.19. The van der Waals surface area contributed by atoms with Crippen LogP contribution in [0.4, 0.5) is 0 Å². The Labute approximate surface area is 103 Å². The lowest BCUT2D eigenvalue weighted by molar-refractivity contribution is -0.117. The Hall–Kier alpha value is -1.39. The number of carbonyl (C=O) groups is 1. The Morgan fingerprint density at radius 1 is 1.29 bits per heavy atom. The number of nitrogens with zero attached hydrogens (tertiary/aromatic N) is 1. The van der Waals surface area contributed by atoms with Crippen LogP contribution >= 0.6 is 0 Å². The number of primary amides is 1. The van der Waals surface area contributed by atoms with E-state index in [2.05, 4.69) is 29.4 Å². The van der Waals surface area contributed by atoms with E-state index >= 15 is 0 Å². The molecular weight excluding hydrogens is 214 g/mol. The largest absolute Gasteiger partial charge is 0.370 e. The molecule has 0 aliphatic rings. The van der Waals surface area contributed by atoms with Crippen molar-refractivity contribution in [3.05, 3.63) is 35.9 Å². The van der Waals surface area contributed by atoms with Gasteiger partial charge < -0.3 is 16.0 Å². The third-order valence-electron chi connectivity index (χ3n) is 2.51. The molecule has 0 radical (unpaired) electrons. The average molecular weight is 235 g/mol. The molecule has 0 atom stereocenters. The summed E-state index contributed by atoms with van der Waals surface area (Å²) >= 11 is 0. The number of benzene rings is 1. The summed E-state index contributed by atoms with van der Waals surface area (Å²) in [5, 5.41) is 3.19. The Morgan fingerprint density at radius 2 is 2.00 bits per heavy atom. The maximum Gasteiger partial charge on any atom is 0.218 e. The molecule has 1 aromatic rings. The molecule has 0 fully saturated rings. The van der Waals surface area contributed by atoms with Crippen LogP contribution in [0.3, 0.4) is 0 Å². The van der Waals surface area contributed by atoms with Gasteiger partial charge in [0, 0.05) is 32.6 Å². The minimum Gasteiger partial charge on any atom is -0.370 e. The normalized spacial score (nSPS) is 10.7. The van der Waals surface area contributed by atoms with Crippen molar-refractivity contribution in [1.82, 2.24) is 10.2 Å². The summed E-state index contributed by atoms with van der Waals surface area (Å²) in [6.07, 6.45) is 0.405. The van der Waals surface area contributed by atoms with Gasteiger partial charge in [-0.05, 0) is 12.6 Å². The van der Waals surface area contributed by atoms with Crippen molar-refractivity contribution in [2.24, 2.45) is 5.73 Å². The second-order valence-electron chi connectivity index (χ2n) is 4.19. The third kappa shape index (κ3) is 6.71. The van der Waals surface area contributed by atoms with Crippen molar-refractivity contribution in [2.75, 3.05) is 26.7 Å². The van der Waals surface area contributed by atoms with Crippen LogP contribution < -0.4 is 11.1 Å². The molecule has 0 saturated carbocycles. The van der Waals surface area contributed by atoms with Crippen molar-refractivity contribution in [1.29, 1.82) is 0 Å². The van der Waals surface area contributed by atoms with Gasteiger partial charge in [-0.15, -0.1) is 0 Å². The van der Waals surface area contributed by atoms with Crippen LogP contribution in [0, 0.1) is 0 Å². The molecule has 1 rings (SSSR count). The highest BCUT2D eigenvalue weighted by molar-refractivity contribution is 5.73. The lowest BCUT2D eigenvalue weighted by atomic mass is 10.2. The van der Waals surface area contributed by atoms with Gasteiger partial charge in [-0.3, -0.25) is 4.79 Å². The summed E-state index contributed by atoms with van der Waals surface area (Å²) in [6.45, 7) is 3.43. The van der Waals surface area contributed by atoms with E-state index < -0.39 is 0 Å². The predicted octanol–water partition coefficient (Wildman–Crippen LogP) is 0.583. The van der Waals surface area contributed by atoms with Crippen molar-refractivity contribution < 1.29 is 4.79 Å².